The zero-order valence-electron chi connectivity index (χ0n) is 12.4. The molecular weight excluding hydrogens is 256 g/mol. The number of fused-ring (bicyclic) bond motifs is 1. The van der Waals surface area contributed by atoms with Crippen LogP contribution in [-0.2, 0) is 5.41 Å². The van der Waals surface area contributed by atoms with E-state index >= 15 is 0 Å². The molecule has 4 bridgehead atoms. The summed E-state index contributed by atoms with van der Waals surface area (Å²) in [6.07, 6.45) is 8.29. The van der Waals surface area contributed by atoms with Crippen LogP contribution in [0.15, 0.2) is 36.4 Å². The van der Waals surface area contributed by atoms with Crippen LogP contribution in [0.2, 0.25) is 0 Å². The van der Waals surface area contributed by atoms with Crippen molar-refractivity contribution in [3.63, 3.8) is 0 Å². The SMILES string of the molecule is Oc1c(C23CC4CC(CC(C4)C2)C3)ccc2ccccc12. The molecule has 4 aliphatic rings. The number of phenols is 1. The van der Waals surface area contributed by atoms with Crippen molar-refractivity contribution < 1.29 is 5.11 Å². The van der Waals surface area contributed by atoms with Crippen molar-refractivity contribution in [2.45, 2.75) is 43.9 Å². The second-order valence-corrected chi connectivity index (χ2v) is 7.88. The van der Waals surface area contributed by atoms with Crippen LogP contribution in [0.1, 0.15) is 44.1 Å². The van der Waals surface area contributed by atoms with Crippen LogP contribution in [0.5, 0.6) is 5.75 Å². The average molecular weight is 278 g/mol. The standard InChI is InChI=1S/C20H22O/c21-19-17-4-2-1-3-16(17)5-6-18(19)20-10-13-7-14(11-20)9-15(8-13)12-20/h1-6,13-15,21H,7-12H2. The van der Waals surface area contributed by atoms with Gasteiger partial charge in [0.25, 0.3) is 0 Å². The fourth-order valence-corrected chi connectivity index (χ4v) is 6.12. The van der Waals surface area contributed by atoms with E-state index in [0.29, 0.717) is 5.75 Å². The van der Waals surface area contributed by atoms with Crippen molar-refractivity contribution in [2.75, 3.05) is 0 Å². The summed E-state index contributed by atoms with van der Waals surface area (Å²) in [5, 5.41) is 13.1. The molecule has 1 heteroatoms. The molecule has 0 saturated heterocycles. The van der Waals surface area contributed by atoms with Crippen molar-refractivity contribution in [2.24, 2.45) is 17.8 Å². The molecule has 0 amide bonds. The minimum absolute atomic E-state index is 0.281. The van der Waals surface area contributed by atoms with E-state index in [1.165, 1.54) is 44.1 Å². The Labute approximate surface area is 126 Å². The van der Waals surface area contributed by atoms with Crippen LogP contribution in [0.4, 0.5) is 0 Å². The summed E-state index contributed by atoms with van der Waals surface area (Å²) in [5.74, 6) is 3.32. The van der Waals surface area contributed by atoms with Gasteiger partial charge in [0.05, 0.1) is 0 Å². The number of rotatable bonds is 1. The van der Waals surface area contributed by atoms with Crippen molar-refractivity contribution >= 4 is 10.8 Å². The summed E-state index contributed by atoms with van der Waals surface area (Å²) in [7, 11) is 0. The number of hydrogen-bond donors (Lipinski definition) is 1. The molecule has 4 aliphatic carbocycles. The molecule has 2 aromatic rings. The first-order valence-electron chi connectivity index (χ1n) is 8.45. The van der Waals surface area contributed by atoms with Gasteiger partial charge in [0.2, 0.25) is 0 Å². The highest BCUT2D eigenvalue weighted by atomic mass is 16.3. The topological polar surface area (TPSA) is 20.2 Å². The Morgan fingerprint density at radius 3 is 2.10 bits per heavy atom. The van der Waals surface area contributed by atoms with E-state index in [1.807, 2.05) is 12.1 Å². The summed E-state index contributed by atoms with van der Waals surface area (Å²) >= 11 is 0. The Kier molecular flexibility index (Phi) is 2.32. The van der Waals surface area contributed by atoms with Gasteiger partial charge >= 0.3 is 0 Å². The smallest absolute Gasteiger partial charge is 0.127 e. The van der Waals surface area contributed by atoms with Gasteiger partial charge in [0.15, 0.2) is 0 Å². The van der Waals surface area contributed by atoms with E-state index in [2.05, 4.69) is 24.3 Å². The highest BCUT2D eigenvalue weighted by Crippen LogP contribution is 2.62. The molecule has 0 atom stereocenters. The third kappa shape index (κ3) is 1.64. The molecule has 0 aromatic heterocycles. The molecule has 0 unspecified atom stereocenters. The molecule has 0 aliphatic heterocycles. The third-order valence-electron chi connectivity index (χ3n) is 6.51. The van der Waals surface area contributed by atoms with Gasteiger partial charge in [-0.25, -0.2) is 0 Å². The Hall–Kier alpha value is -1.50. The Bertz CT molecular complexity index is 680. The Morgan fingerprint density at radius 2 is 1.43 bits per heavy atom. The van der Waals surface area contributed by atoms with Gasteiger partial charge in [-0.15, -0.1) is 0 Å². The summed E-state index contributed by atoms with van der Waals surface area (Å²) in [6, 6.07) is 12.7. The predicted octanol–water partition coefficient (Wildman–Crippen LogP) is 5.01. The lowest BCUT2D eigenvalue weighted by atomic mass is 9.48. The molecule has 1 N–H and O–H groups in total. The first-order chi connectivity index (χ1) is 10.2. The zero-order valence-corrected chi connectivity index (χ0v) is 12.4. The maximum Gasteiger partial charge on any atom is 0.127 e. The molecule has 4 fully saturated rings. The first kappa shape index (κ1) is 12.1. The van der Waals surface area contributed by atoms with Gasteiger partial charge in [-0.3, -0.25) is 0 Å². The number of aromatic hydroxyl groups is 1. The van der Waals surface area contributed by atoms with Crippen molar-refractivity contribution in [3.8, 4) is 5.75 Å². The molecule has 4 saturated carbocycles. The molecule has 1 nitrogen and oxygen atoms in total. The van der Waals surface area contributed by atoms with Gasteiger partial charge in [0, 0.05) is 10.9 Å². The molecule has 6 rings (SSSR count). The lowest BCUT2D eigenvalue weighted by molar-refractivity contribution is -0.00603. The monoisotopic (exact) mass is 278 g/mol. The largest absolute Gasteiger partial charge is 0.507 e. The van der Waals surface area contributed by atoms with Crippen LogP contribution in [0.3, 0.4) is 0 Å². The van der Waals surface area contributed by atoms with E-state index in [0.717, 1.165) is 28.5 Å². The number of benzene rings is 2. The van der Waals surface area contributed by atoms with Gasteiger partial charge in [0.1, 0.15) is 5.75 Å². The molecule has 0 heterocycles. The van der Waals surface area contributed by atoms with Gasteiger partial charge in [-0.05, 0) is 67.1 Å². The van der Waals surface area contributed by atoms with Crippen molar-refractivity contribution in [1.82, 2.24) is 0 Å². The van der Waals surface area contributed by atoms with E-state index in [9.17, 15) is 5.11 Å². The summed E-state index contributed by atoms with van der Waals surface area (Å²) in [5.41, 5.74) is 1.53. The van der Waals surface area contributed by atoms with E-state index < -0.39 is 0 Å². The van der Waals surface area contributed by atoms with Crippen LogP contribution in [-0.4, -0.2) is 5.11 Å². The lowest BCUT2D eigenvalue weighted by Gasteiger charge is -2.57. The maximum absolute atomic E-state index is 10.9. The Balaban J connectivity index is 1.69. The third-order valence-corrected chi connectivity index (χ3v) is 6.51. The second-order valence-electron chi connectivity index (χ2n) is 7.88. The normalized spacial score (nSPS) is 37.2. The molecular formula is C20H22O. The second kappa shape index (κ2) is 4.03. The zero-order chi connectivity index (χ0) is 14.0. The minimum atomic E-state index is 0.281. The summed E-state index contributed by atoms with van der Waals surface area (Å²) in [6.45, 7) is 0. The van der Waals surface area contributed by atoms with Gasteiger partial charge in [-0.1, -0.05) is 36.4 Å². The fraction of sp³-hybridized carbons (Fsp3) is 0.500. The van der Waals surface area contributed by atoms with Crippen LogP contribution < -0.4 is 0 Å². The maximum atomic E-state index is 10.9. The molecule has 108 valence electrons. The fourth-order valence-electron chi connectivity index (χ4n) is 6.12. The summed E-state index contributed by atoms with van der Waals surface area (Å²) < 4.78 is 0. The van der Waals surface area contributed by atoms with Crippen molar-refractivity contribution in [3.05, 3.63) is 42.0 Å². The van der Waals surface area contributed by atoms with Gasteiger partial charge < -0.3 is 5.11 Å². The molecule has 2 aromatic carbocycles. The van der Waals surface area contributed by atoms with E-state index in [1.54, 1.807) is 0 Å². The Morgan fingerprint density at radius 1 is 0.810 bits per heavy atom. The quantitative estimate of drug-likeness (QED) is 0.777. The lowest BCUT2D eigenvalue weighted by Crippen LogP contribution is -2.48. The number of hydrogen-bond acceptors (Lipinski definition) is 1. The summed E-state index contributed by atoms with van der Waals surface area (Å²) in [4.78, 5) is 0. The predicted molar refractivity (Wildman–Crippen MR) is 85.5 cm³/mol. The average Bonchev–Trinajstić information content (AvgIpc) is 2.46. The first-order valence-corrected chi connectivity index (χ1v) is 8.45. The molecule has 0 radical (unpaired) electrons. The highest BCUT2D eigenvalue weighted by Gasteiger charge is 2.52. The highest BCUT2D eigenvalue weighted by molar-refractivity contribution is 5.89. The van der Waals surface area contributed by atoms with Gasteiger partial charge in [-0.2, -0.15) is 0 Å². The van der Waals surface area contributed by atoms with E-state index in [-0.39, 0.29) is 5.41 Å². The van der Waals surface area contributed by atoms with Crippen molar-refractivity contribution in [1.29, 1.82) is 0 Å². The van der Waals surface area contributed by atoms with Crippen LogP contribution in [0, 0.1) is 17.8 Å². The molecule has 21 heavy (non-hydrogen) atoms. The van der Waals surface area contributed by atoms with Crippen LogP contribution >= 0.6 is 0 Å². The number of phenolic OH excluding ortho intramolecular Hbond substituents is 1. The van der Waals surface area contributed by atoms with Crippen LogP contribution in [0.25, 0.3) is 10.8 Å². The molecule has 0 spiro atoms. The minimum Gasteiger partial charge on any atom is -0.507 e. The van der Waals surface area contributed by atoms with E-state index in [4.69, 9.17) is 0 Å².